The van der Waals surface area contributed by atoms with Crippen LogP contribution in [0, 0.1) is 6.92 Å². The van der Waals surface area contributed by atoms with E-state index in [4.69, 9.17) is 16.3 Å². The van der Waals surface area contributed by atoms with Crippen LogP contribution in [0.4, 0.5) is 0 Å². The maximum absolute atomic E-state index is 11.6. The lowest BCUT2D eigenvalue weighted by Gasteiger charge is -2.18. The molecule has 1 aromatic rings. The second kappa shape index (κ2) is 3.87. The number of aryl methyl sites for hydroxylation is 1. The molecule has 5 heteroatoms. The molecular weight excluding hydrogens is 222 g/mol. The van der Waals surface area contributed by atoms with E-state index in [-0.39, 0.29) is 5.97 Å². The van der Waals surface area contributed by atoms with Crippen LogP contribution in [0.15, 0.2) is 0 Å². The summed E-state index contributed by atoms with van der Waals surface area (Å²) in [4.78, 5) is 16.0. The second-order valence-electron chi connectivity index (χ2n) is 3.88. The quantitative estimate of drug-likeness (QED) is 0.700. The van der Waals surface area contributed by atoms with Gasteiger partial charge in [-0.05, 0) is 27.7 Å². The summed E-state index contributed by atoms with van der Waals surface area (Å²) in [5.74, 6) is -0.362. The highest BCUT2D eigenvalue weighted by atomic mass is 35.5. The smallest absolute Gasteiger partial charge is 0.350 e. The van der Waals surface area contributed by atoms with Gasteiger partial charge in [0.15, 0.2) is 4.47 Å². The molecule has 0 amide bonds. The first-order chi connectivity index (χ1) is 6.29. The van der Waals surface area contributed by atoms with Crippen molar-refractivity contribution in [3.8, 4) is 0 Å². The summed E-state index contributed by atoms with van der Waals surface area (Å²) < 4.78 is 5.55. The Balaban J connectivity index is 2.85. The highest BCUT2D eigenvalue weighted by Gasteiger charge is 2.21. The summed E-state index contributed by atoms with van der Waals surface area (Å²) in [6.45, 7) is 7.20. The molecule has 0 aliphatic carbocycles. The van der Waals surface area contributed by atoms with Crippen molar-refractivity contribution in [1.82, 2.24) is 4.98 Å². The molecule has 0 bridgehead atoms. The van der Waals surface area contributed by atoms with Crippen molar-refractivity contribution in [3.63, 3.8) is 0 Å². The van der Waals surface area contributed by atoms with Gasteiger partial charge in [0.1, 0.15) is 10.5 Å². The Morgan fingerprint density at radius 3 is 2.43 bits per heavy atom. The number of halogens is 1. The monoisotopic (exact) mass is 233 g/mol. The summed E-state index contributed by atoms with van der Waals surface area (Å²) in [5, 5.41) is 0. The Bertz CT molecular complexity index is 354. The van der Waals surface area contributed by atoms with E-state index in [9.17, 15) is 4.79 Å². The van der Waals surface area contributed by atoms with E-state index in [0.717, 1.165) is 11.3 Å². The van der Waals surface area contributed by atoms with Crippen LogP contribution in [-0.4, -0.2) is 16.6 Å². The number of esters is 1. The van der Waals surface area contributed by atoms with Crippen LogP contribution >= 0.6 is 22.9 Å². The average molecular weight is 234 g/mol. The maximum Gasteiger partial charge on any atom is 0.350 e. The molecule has 0 saturated heterocycles. The minimum atomic E-state index is -0.486. The molecule has 1 rings (SSSR count). The van der Waals surface area contributed by atoms with Gasteiger partial charge in [-0.1, -0.05) is 22.9 Å². The molecule has 0 atom stereocenters. The number of aromatic nitrogens is 1. The molecule has 0 aromatic carbocycles. The third-order valence-electron chi connectivity index (χ3n) is 1.35. The molecule has 0 N–H and O–H groups in total. The molecule has 1 heterocycles. The minimum Gasteiger partial charge on any atom is -0.456 e. The predicted octanol–water partition coefficient (Wildman–Crippen LogP) is 3.06. The zero-order valence-electron chi connectivity index (χ0n) is 8.55. The van der Waals surface area contributed by atoms with E-state index in [1.807, 2.05) is 20.8 Å². The number of ether oxygens (including phenoxy) is 1. The van der Waals surface area contributed by atoms with Crippen LogP contribution in [0.1, 0.15) is 36.1 Å². The highest BCUT2D eigenvalue weighted by molar-refractivity contribution is 7.17. The van der Waals surface area contributed by atoms with Crippen LogP contribution in [0.2, 0.25) is 4.47 Å². The van der Waals surface area contributed by atoms with Gasteiger partial charge >= 0.3 is 5.97 Å². The van der Waals surface area contributed by atoms with E-state index < -0.39 is 5.60 Å². The van der Waals surface area contributed by atoms with E-state index >= 15 is 0 Å². The van der Waals surface area contributed by atoms with Crippen molar-refractivity contribution in [2.24, 2.45) is 0 Å². The average Bonchev–Trinajstić information content (AvgIpc) is 2.26. The molecule has 0 spiro atoms. The summed E-state index contributed by atoms with van der Waals surface area (Å²) in [5.41, 5.74) is 0.134. The molecule has 0 radical (unpaired) electrons. The van der Waals surface area contributed by atoms with Gasteiger partial charge in [0, 0.05) is 0 Å². The molecule has 14 heavy (non-hydrogen) atoms. The van der Waals surface area contributed by atoms with Crippen molar-refractivity contribution < 1.29 is 9.53 Å². The first-order valence-electron chi connectivity index (χ1n) is 4.16. The fourth-order valence-corrected chi connectivity index (χ4v) is 1.90. The van der Waals surface area contributed by atoms with Crippen molar-refractivity contribution in [2.75, 3.05) is 0 Å². The zero-order chi connectivity index (χ0) is 10.9. The Hall–Kier alpha value is -0.610. The fraction of sp³-hybridized carbons (Fsp3) is 0.556. The normalized spacial score (nSPS) is 11.5. The molecule has 3 nitrogen and oxygen atoms in total. The van der Waals surface area contributed by atoms with E-state index in [1.54, 1.807) is 6.92 Å². The summed E-state index contributed by atoms with van der Waals surface area (Å²) >= 11 is 6.82. The van der Waals surface area contributed by atoms with Crippen LogP contribution in [0.25, 0.3) is 0 Å². The topological polar surface area (TPSA) is 39.2 Å². The largest absolute Gasteiger partial charge is 0.456 e. The number of hydrogen-bond donors (Lipinski definition) is 0. The van der Waals surface area contributed by atoms with E-state index in [0.29, 0.717) is 15.0 Å². The van der Waals surface area contributed by atoms with Crippen molar-refractivity contribution in [1.29, 1.82) is 0 Å². The second-order valence-corrected chi connectivity index (χ2v) is 5.46. The molecule has 0 aliphatic rings. The molecular formula is C9H12ClNO2S. The van der Waals surface area contributed by atoms with Gasteiger partial charge in [-0.3, -0.25) is 0 Å². The Labute approximate surface area is 92.1 Å². The predicted molar refractivity (Wildman–Crippen MR) is 57.0 cm³/mol. The first-order valence-corrected chi connectivity index (χ1v) is 5.35. The standard InChI is InChI=1S/C9H12ClNO2S/c1-5-6(14-8(10)11-5)7(12)13-9(2,3)4/h1-4H3. The zero-order valence-corrected chi connectivity index (χ0v) is 10.1. The van der Waals surface area contributed by atoms with Gasteiger partial charge in [0.25, 0.3) is 0 Å². The molecule has 0 fully saturated rings. The number of hydrogen-bond acceptors (Lipinski definition) is 4. The molecule has 0 unspecified atom stereocenters. The van der Waals surface area contributed by atoms with Crippen molar-refractivity contribution >= 4 is 28.9 Å². The van der Waals surface area contributed by atoms with E-state index in [1.165, 1.54) is 0 Å². The Kier molecular flexibility index (Phi) is 3.17. The third-order valence-corrected chi connectivity index (χ3v) is 2.60. The molecule has 1 aromatic heterocycles. The lowest BCUT2D eigenvalue weighted by molar-refractivity contribution is 0.00742. The van der Waals surface area contributed by atoms with Gasteiger partial charge in [-0.2, -0.15) is 0 Å². The van der Waals surface area contributed by atoms with Gasteiger partial charge in [0.05, 0.1) is 5.69 Å². The molecule has 0 saturated carbocycles. The first kappa shape index (κ1) is 11.5. The molecule has 78 valence electrons. The van der Waals surface area contributed by atoms with Crippen LogP contribution < -0.4 is 0 Å². The Morgan fingerprint density at radius 2 is 2.07 bits per heavy atom. The summed E-state index contributed by atoms with van der Waals surface area (Å²) in [6.07, 6.45) is 0. The van der Waals surface area contributed by atoms with Gasteiger partial charge in [0.2, 0.25) is 0 Å². The lowest BCUT2D eigenvalue weighted by atomic mass is 10.2. The number of rotatable bonds is 1. The van der Waals surface area contributed by atoms with Crippen molar-refractivity contribution in [3.05, 3.63) is 15.0 Å². The maximum atomic E-state index is 11.6. The van der Waals surface area contributed by atoms with E-state index in [2.05, 4.69) is 4.98 Å². The van der Waals surface area contributed by atoms with Crippen LogP contribution in [0.5, 0.6) is 0 Å². The number of nitrogens with zero attached hydrogens (tertiary/aromatic N) is 1. The summed E-state index contributed by atoms with van der Waals surface area (Å²) in [7, 11) is 0. The number of thiazole rings is 1. The van der Waals surface area contributed by atoms with Crippen LogP contribution in [-0.2, 0) is 4.74 Å². The minimum absolute atomic E-state index is 0.362. The van der Waals surface area contributed by atoms with Crippen molar-refractivity contribution in [2.45, 2.75) is 33.3 Å². The SMILES string of the molecule is Cc1nc(Cl)sc1C(=O)OC(C)(C)C. The van der Waals surface area contributed by atoms with Gasteiger partial charge in [-0.25, -0.2) is 9.78 Å². The number of carbonyl (C=O) groups is 1. The summed E-state index contributed by atoms with van der Waals surface area (Å²) in [6, 6.07) is 0. The molecule has 0 aliphatic heterocycles. The number of carbonyl (C=O) groups excluding carboxylic acids is 1. The highest BCUT2D eigenvalue weighted by Crippen LogP contribution is 2.24. The Morgan fingerprint density at radius 1 is 1.50 bits per heavy atom. The van der Waals surface area contributed by atoms with Crippen LogP contribution in [0.3, 0.4) is 0 Å². The third kappa shape index (κ3) is 2.96. The lowest BCUT2D eigenvalue weighted by Crippen LogP contribution is -2.23. The van der Waals surface area contributed by atoms with Gasteiger partial charge in [-0.15, -0.1) is 0 Å². The van der Waals surface area contributed by atoms with Gasteiger partial charge < -0.3 is 4.74 Å². The fourth-order valence-electron chi connectivity index (χ4n) is 0.877.